The summed E-state index contributed by atoms with van der Waals surface area (Å²) in [4.78, 5) is 32.6. The summed E-state index contributed by atoms with van der Waals surface area (Å²) in [5, 5.41) is 0. The third kappa shape index (κ3) is 37.6. The van der Waals surface area contributed by atoms with Crippen LogP contribution in [0, 0.1) is 17.8 Å². The van der Waals surface area contributed by atoms with Gasteiger partial charge in [0.25, 0.3) is 0 Å². The maximum Gasteiger partial charge on any atom is 0.302 e. The van der Waals surface area contributed by atoms with Crippen LogP contribution in [0.5, 0.6) is 0 Å². The summed E-state index contributed by atoms with van der Waals surface area (Å²) < 4.78 is 15.1. The number of hydrogen-bond acceptors (Lipinski definition) is 6. The van der Waals surface area contributed by atoms with Gasteiger partial charge in [-0.1, -0.05) is 192 Å². The van der Waals surface area contributed by atoms with Gasteiger partial charge in [0.15, 0.2) is 0 Å². The molecule has 3 unspecified atom stereocenters. The zero-order valence-corrected chi connectivity index (χ0v) is 33.5. The molecule has 0 fully saturated rings. The van der Waals surface area contributed by atoms with E-state index in [1.807, 2.05) is 0 Å². The molecule has 0 spiro atoms. The van der Waals surface area contributed by atoms with Crippen molar-refractivity contribution in [2.24, 2.45) is 17.8 Å². The predicted molar refractivity (Wildman–Crippen MR) is 208 cm³/mol. The lowest BCUT2D eigenvalue weighted by molar-refractivity contribution is -0.142. The van der Waals surface area contributed by atoms with Crippen LogP contribution >= 0.6 is 0 Å². The molecule has 0 aromatic heterocycles. The van der Waals surface area contributed by atoms with Gasteiger partial charge in [-0.25, -0.2) is 0 Å². The molecule has 6 nitrogen and oxygen atoms in total. The van der Waals surface area contributed by atoms with Crippen molar-refractivity contribution < 1.29 is 28.6 Å². The minimum Gasteiger partial charge on any atom is -0.466 e. The Morgan fingerprint density at radius 2 is 0.571 bits per heavy atom. The molecule has 0 rings (SSSR count). The van der Waals surface area contributed by atoms with Crippen molar-refractivity contribution in [3.63, 3.8) is 0 Å². The van der Waals surface area contributed by atoms with Gasteiger partial charge < -0.3 is 14.2 Å². The Labute approximate surface area is 304 Å². The summed E-state index contributed by atoms with van der Waals surface area (Å²) in [6.07, 6.45) is 34.6. The van der Waals surface area contributed by atoms with E-state index in [1.165, 1.54) is 175 Å². The largest absolute Gasteiger partial charge is 0.466 e. The van der Waals surface area contributed by atoms with E-state index in [2.05, 4.69) is 20.8 Å². The number of esters is 3. The molecular formula is C42H81BO6. The van der Waals surface area contributed by atoms with Crippen molar-refractivity contribution in [2.45, 2.75) is 215 Å². The van der Waals surface area contributed by atoms with E-state index in [0.29, 0.717) is 19.8 Å². The molecule has 0 saturated heterocycles. The van der Waals surface area contributed by atoms with Crippen LogP contribution in [0.25, 0.3) is 0 Å². The zero-order chi connectivity index (χ0) is 36.4. The number of ether oxygens (including phenoxy) is 3. The average Bonchev–Trinajstić information content (AvgIpc) is 3.03. The van der Waals surface area contributed by atoms with Crippen LogP contribution < -0.4 is 0 Å². The fourth-order valence-electron chi connectivity index (χ4n) is 7.43. The second kappa shape index (κ2) is 34.9. The van der Waals surface area contributed by atoms with Gasteiger partial charge >= 0.3 is 17.9 Å². The Bertz CT molecular complexity index is 674. The normalized spacial score (nSPS) is 13.1. The van der Waals surface area contributed by atoms with E-state index in [4.69, 9.17) is 14.2 Å². The summed E-state index contributed by atoms with van der Waals surface area (Å²) in [5.41, 5.74) is 0. The van der Waals surface area contributed by atoms with E-state index < -0.39 is 0 Å². The molecule has 7 heteroatoms. The second-order valence-corrected chi connectivity index (χ2v) is 15.7. The highest BCUT2D eigenvalue weighted by atomic mass is 16.5. The summed E-state index contributed by atoms with van der Waals surface area (Å²) >= 11 is 0. The molecule has 0 aromatic carbocycles. The average molecular weight is 693 g/mol. The molecule has 0 saturated carbocycles. The molecule has 288 valence electrons. The quantitative estimate of drug-likeness (QED) is 0.0281. The minimum atomic E-state index is -0.165. The van der Waals surface area contributed by atoms with Gasteiger partial charge in [0.1, 0.15) is 6.71 Å². The lowest BCUT2D eigenvalue weighted by Gasteiger charge is -2.24. The molecule has 3 atom stereocenters. The second-order valence-electron chi connectivity index (χ2n) is 15.7. The monoisotopic (exact) mass is 693 g/mol. The highest BCUT2D eigenvalue weighted by Gasteiger charge is 2.22. The fraction of sp³-hybridized carbons (Fsp3) is 0.929. The van der Waals surface area contributed by atoms with Gasteiger partial charge in [-0.05, 0) is 19.3 Å². The van der Waals surface area contributed by atoms with Crippen molar-refractivity contribution in [1.82, 2.24) is 0 Å². The maximum absolute atomic E-state index is 10.9. The molecule has 0 radical (unpaired) electrons. The van der Waals surface area contributed by atoms with E-state index in [0.717, 1.165) is 43.7 Å². The van der Waals surface area contributed by atoms with Crippen molar-refractivity contribution in [1.29, 1.82) is 0 Å². The molecular weight excluding hydrogens is 611 g/mol. The molecule has 0 aliphatic carbocycles. The van der Waals surface area contributed by atoms with Gasteiger partial charge in [-0.2, -0.15) is 0 Å². The van der Waals surface area contributed by atoms with Crippen molar-refractivity contribution in [3.05, 3.63) is 0 Å². The third-order valence-electron chi connectivity index (χ3n) is 10.1. The standard InChI is InChI=1S/C42H81BO6/c1-37(28-22-16-10-7-13-19-25-31-47-40(4)44)34-43(35-38(2)29-23-17-11-8-14-20-26-32-48-41(5)45)36-39(3)30-24-18-12-9-15-21-27-33-49-42(6)46/h37-39H,7-36H2,1-6H3. The Hall–Kier alpha value is -1.53. The van der Waals surface area contributed by atoms with Crippen LogP contribution in [-0.2, 0) is 28.6 Å². The highest BCUT2D eigenvalue weighted by Crippen LogP contribution is 2.29. The molecule has 0 N–H and O–H groups in total. The van der Waals surface area contributed by atoms with Gasteiger partial charge in [-0.3, -0.25) is 14.4 Å². The molecule has 0 aliphatic rings. The molecule has 0 aliphatic heterocycles. The van der Waals surface area contributed by atoms with E-state index >= 15 is 0 Å². The first kappa shape index (κ1) is 47.5. The first-order chi connectivity index (χ1) is 23.6. The van der Waals surface area contributed by atoms with Crippen LogP contribution in [0.4, 0.5) is 0 Å². The van der Waals surface area contributed by atoms with E-state index in [-0.39, 0.29) is 17.9 Å². The van der Waals surface area contributed by atoms with E-state index in [9.17, 15) is 14.4 Å². The lowest BCUT2D eigenvalue weighted by atomic mass is 9.37. The summed E-state index contributed by atoms with van der Waals surface area (Å²) in [6.45, 7) is 14.6. The predicted octanol–water partition coefficient (Wildman–Crippen LogP) is 12.4. The highest BCUT2D eigenvalue weighted by molar-refractivity contribution is 6.59. The van der Waals surface area contributed by atoms with Gasteiger partial charge in [0.2, 0.25) is 0 Å². The molecule has 49 heavy (non-hydrogen) atoms. The Kier molecular flexibility index (Phi) is 33.8. The Balaban J connectivity index is 4.38. The molecule has 0 bridgehead atoms. The first-order valence-corrected chi connectivity index (χ1v) is 21.0. The van der Waals surface area contributed by atoms with Gasteiger partial charge in [0.05, 0.1) is 19.8 Å². The Morgan fingerprint density at radius 3 is 0.796 bits per heavy atom. The number of carbonyl (C=O) groups excluding carboxylic acids is 3. The first-order valence-electron chi connectivity index (χ1n) is 21.0. The maximum atomic E-state index is 10.9. The molecule has 0 heterocycles. The number of rotatable bonds is 36. The smallest absolute Gasteiger partial charge is 0.302 e. The lowest BCUT2D eigenvalue weighted by Crippen LogP contribution is -2.22. The van der Waals surface area contributed by atoms with Crippen molar-refractivity contribution >= 4 is 24.6 Å². The Morgan fingerprint density at radius 1 is 0.367 bits per heavy atom. The van der Waals surface area contributed by atoms with Crippen molar-refractivity contribution in [3.8, 4) is 0 Å². The number of hydrogen-bond donors (Lipinski definition) is 0. The van der Waals surface area contributed by atoms with Crippen LogP contribution in [0.15, 0.2) is 0 Å². The fourth-order valence-corrected chi connectivity index (χ4v) is 7.43. The summed E-state index contributed by atoms with van der Waals surface area (Å²) in [6, 6.07) is 0. The van der Waals surface area contributed by atoms with E-state index in [1.54, 1.807) is 0 Å². The molecule has 0 aromatic rings. The topological polar surface area (TPSA) is 78.9 Å². The van der Waals surface area contributed by atoms with Crippen molar-refractivity contribution in [2.75, 3.05) is 19.8 Å². The zero-order valence-electron chi connectivity index (χ0n) is 33.5. The van der Waals surface area contributed by atoms with Gasteiger partial charge in [0, 0.05) is 20.8 Å². The summed E-state index contributed by atoms with van der Waals surface area (Å²) in [5.74, 6) is 1.95. The minimum absolute atomic E-state index is 0.165. The molecule has 0 amide bonds. The third-order valence-corrected chi connectivity index (χ3v) is 10.1. The number of unbranched alkanes of at least 4 members (excludes halogenated alkanes) is 18. The van der Waals surface area contributed by atoms with Crippen LogP contribution in [0.3, 0.4) is 0 Å². The van der Waals surface area contributed by atoms with Crippen LogP contribution in [0.1, 0.15) is 196 Å². The van der Waals surface area contributed by atoms with Gasteiger partial charge in [-0.15, -0.1) is 0 Å². The SMILES string of the molecule is CC(=O)OCCCCCCCCCC(C)CB(CC(C)CCCCCCCCCOC(C)=O)CC(C)CCCCCCCCCOC(C)=O. The van der Waals surface area contributed by atoms with Crippen LogP contribution in [0.2, 0.25) is 19.0 Å². The summed E-state index contributed by atoms with van der Waals surface area (Å²) in [7, 11) is 0. The van der Waals surface area contributed by atoms with Crippen LogP contribution in [-0.4, -0.2) is 44.4 Å². The number of carbonyl (C=O) groups is 3.